The van der Waals surface area contributed by atoms with Gasteiger partial charge in [-0.15, -0.1) is 20.7 Å². The second-order valence-electron chi connectivity index (χ2n) is 36.6. The summed E-state index contributed by atoms with van der Waals surface area (Å²) in [5.41, 5.74) is 20.0. The van der Waals surface area contributed by atoms with E-state index in [1.165, 1.54) is 44.5 Å². The molecule has 0 aromatic heterocycles. The maximum atomic E-state index is 6.79. The van der Waals surface area contributed by atoms with Crippen molar-refractivity contribution in [2.24, 2.45) is 20.4 Å². The third kappa shape index (κ3) is 15.2. The lowest BCUT2D eigenvalue weighted by Crippen LogP contribution is -2.31. The Morgan fingerprint density at radius 1 is 0.208 bits per heavy atom. The number of rotatable bonds is 12. The van der Waals surface area contributed by atoms with E-state index in [2.05, 4.69) is 336 Å². The van der Waals surface area contributed by atoms with Crippen molar-refractivity contribution >= 4 is 47.6 Å². The van der Waals surface area contributed by atoms with Crippen molar-refractivity contribution in [3.63, 3.8) is 0 Å². The van der Waals surface area contributed by atoms with Crippen LogP contribution in [0.1, 0.15) is 280 Å². The molecule has 528 valence electrons. The van der Waals surface area contributed by atoms with E-state index < -0.39 is 5.41 Å². The van der Waals surface area contributed by atoms with Crippen LogP contribution in [0, 0.1) is 0 Å². The smallest absolute Gasteiger partial charge is 0.150 e. The van der Waals surface area contributed by atoms with Crippen LogP contribution in [0.4, 0.5) is 22.7 Å². The normalized spacial score (nSPS) is 19.2. The molecule has 0 saturated heterocycles. The molecule has 12 rings (SSSR count). The van der Waals surface area contributed by atoms with E-state index in [9.17, 15) is 0 Å². The summed E-state index contributed by atoms with van der Waals surface area (Å²) in [6, 6.07) is 62.1. The molecule has 0 radical (unpaired) electrons. The molecule has 0 amide bonds. The van der Waals surface area contributed by atoms with Crippen molar-refractivity contribution in [3.05, 3.63) is 259 Å². The van der Waals surface area contributed by atoms with Crippen LogP contribution in [-0.2, 0) is 68.1 Å². The van der Waals surface area contributed by atoms with E-state index in [-0.39, 0.29) is 67.7 Å². The summed E-state index contributed by atoms with van der Waals surface area (Å²) < 4.78 is 0. The first kappa shape index (κ1) is 72.3. The SMILES string of the molecule is CC(C)(C)c1cc(C2C=NN(c3ccc(C(c4ccc(N5N=CC(c6cc(C(C)(C)C)cc(C(C)(C)C)c6)O5)cc4)(c4ccc(N5N=CC(c6cc(C(C)(C)C)cc(C(C)(C)C)c6)O5)cc4)c4ccc(N5N=CC(c6cc(C(C)(C)C)cc(C(C)(C)C)c6)O5)cc4)cc3)O2)cc(C(C)(C)C)c1. The molecule has 4 atom stereocenters. The van der Waals surface area contributed by atoms with Crippen molar-refractivity contribution in [2.75, 3.05) is 20.7 Å². The van der Waals surface area contributed by atoms with Gasteiger partial charge in [-0.2, -0.15) is 20.4 Å². The summed E-state index contributed by atoms with van der Waals surface area (Å²) in [5.74, 6) is 0. The van der Waals surface area contributed by atoms with Crippen LogP contribution in [0.5, 0.6) is 0 Å². The minimum Gasteiger partial charge on any atom is -0.238 e. The van der Waals surface area contributed by atoms with Crippen molar-refractivity contribution in [1.29, 1.82) is 0 Å². The van der Waals surface area contributed by atoms with Crippen molar-refractivity contribution in [1.82, 2.24) is 0 Å². The lowest BCUT2D eigenvalue weighted by atomic mass is 9.65. The summed E-state index contributed by atoms with van der Waals surface area (Å²) in [6.07, 6.45) is 6.09. The van der Waals surface area contributed by atoms with E-state index in [0.717, 1.165) is 67.3 Å². The van der Waals surface area contributed by atoms with E-state index >= 15 is 0 Å². The molecule has 0 spiro atoms. The van der Waals surface area contributed by atoms with Crippen LogP contribution in [0.3, 0.4) is 0 Å². The zero-order valence-corrected chi connectivity index (χ0v) is 64.5. The maximum Gasteiger partial charge on any atom is 0.150 e. The van der Waals surface area contributed by atoms with Gasteiger partial charge in [-0.05, 0) is 181 Å². The highest BCUT2D eigenvalue weighted by Gasteiger charge is 2.41. The monoisotopic (exact) mass is 1350 g/mol. The van der Waals surface area contributed by atoms with Gasteiger partial charge in [0.05, 0.1) is 53.0 Å². The molecule has 8 aromatic carbocycles. The highest BCUT2D eigenvalue weighted by molar-refractivity contribution is 5.75. The molecule has 0 fully saturated rings. The fourth-order valence-electron chi connectivity index (χ4n) is 13.3. The predicted molar refractivity (Wildman–Crippen MR) is 419 cm³/mol. The Labute approximate surface area is 603 Å². The fraction of sp³-hybridized carbons (Fsp3) is 0.416. The van der Waals surface area contributed by atoms with Crippen molar-refractivity contribution in [3.8, 4) is 0 Å². The number of anilines is 4. The van der Waals surface area contributed by atoms with E-state index in [1.54, 1.807) is 20.7 Å². The zero-order valence-electron chi connectivity index (χ0n) is 64.5. The van der Waals surface area contributed by atoms with Gasteiger partial charge in [-0.3, -0.25) is 0 Å². The largest absolute Gasteiger partial charge is 0.238 e. The minimum absolute atomic E-state index is 0.0622. The third-order valence-corrected chi connectivity index (χ3v) is 20.2. The summed E-state index contributed by atoms with van der Waals surface area (Å²) >= 11 is 0. The van der Waals surface area contributed by atoms with Gasteiger partial charge in [-0.1, -0.05) is 287 Å². The molecular weight excluding hydrogens is 1250 g/mol. The number of hydrazone groups is 4. The van der Waals surface area contributed by atoms with Gasteiger partial charge in [-0.25, -0.2) is 19.4 Å². The number of benzene rings is 8. The highest BCUT2D eigenvalue weighted by Crippen LogP contribution is 2.49. The molecular formula is C89H108N8O4. The summed E-state index contributed by atoms with van der Waals surface area (Å²) in [5, 5.41) is 26.3. The number of hydrogen-bond donors (Lipinski definition) is 0. The van der Waals surface area contributed by atoms with Crippen LogP contribution in [-0.4, -0.2) is 24.9 Å². The van der Waals surface area contributed by atoms with Gasteiger partial charge in [0, 0.05) is 0 Å². The minimum atomic E-state index is -0.972. The van der Waals surface area contributed by atoms with Crippen LogP contribution >= 0.6 is 0 Å². The van der Waals surface area contributed by atoms with E-state index in [4.69, 9.17) is 39.8 Å². The first-order valence-electron chi connectivity index (χ1n) is 36.1. The quantitative estimate of drug-likeness (QED) is 0.112. The van der Waals surface area contributed by atoms with Crippen LogP contribution < -0.4 is 20.7 Å². The Morgan fingerprint density at radius 2 is 0.356 bits per heavy atom. The fourth-order valence-corrected chi connectivity index (χ4v) is 13.3. The Hall–Kier alpha value is -8.52. The lowest BCUT2D eigenvalue weighted by molar-refractivity contribution is 0.0982. The summed E-state index contributed by atoms with van der Waals surface area (Å²) in [7, 11) is 0. The lowest BCUT2D eigenvalue weighted by Gasteiger charge is -2.37. The second-order valence-corrected chi connectivity index (χ2v) is 36.6. The van der Waals surface area contributed by atoms with Gasteiger partial charge in [0.15, 0.2) is 0 Å². The first-order chi connectivity index (χ1) is 47.0. The van der Waals surface area contributed by atoms with Crippen LogP contribution in [0.15, 0.2) is 190 Å². The zero-order chi connectivity index (χ0) is 73.0. The van der Waals surface area contributed by atoms with E-state index in [0.29, 0.717) is 0 Å². The standard InChI is InChI=1S/C89H108N8O4/c1-81(2,3)65-41-57(42-66(49-65)82(4,5)6)77-53-90-94(98-77)73-33-25-61(26-34-73)89(62-27-35-74(36-28-62)95-91-54-78(99-95)58-43-67(83(7,8)9)50-68(44-58)84(10,11)12,63-29-37-75(38-30-63)96-92-55-79(100-96)59-45-69(85(13,14)15)51-70(46-59)86(16,17)18)64-31-39-76(40-32-64)97-93-56-80(101-97)60-47-71(87(19,20)21)52-72(48-60)88(22,23)24/h25-56,77-80H,1-24H3. The van der Waals surface area contributed by atoms with Crippen LogP contribution in [0.2, 0.25) is 0 Å². The molecule has 8 aromatic rings. The van der Waals surface area contributed by atoms with Crippen molar-refractivity contribution < 1.29 is 19.4 Å². The Kier molecular flexibility index (Phi) is 18.7. The molecule has 0 saturated carbocycles. The molecule has 4 aliphatic rings. The maximum absolute atomic E-state index is 6.79. The molecule has 0 N–H and O–H groups in total. The Balaban J connectivity index is 0.951. The molecule has 0 bridgehead atoms. The first-order valence-corrected chi connectivity index (χ1v) is 36.1. The molecule has 4 heterocycles. The van der Waals surface area contributed by atoms with Gasteiger partial charge in [0.2, 0.25) is 0 Å². The Bertz CT molecular complexity index is 3760. The number of hydrogen-bond acceptors (Lipinski definition) is 12. The molecule has 101 heavy (non-hydrogen) atoms. The van der Waals surface area contributed by atoms with Gasteiger partial charge in [0.25, 0.3) is 0 Å². The van der Waals surface area contributed by atoms with Gasteiger partial charge < -0.3 is 0 Å². The highest BCUT2D eigenvalue weighted by atomic mass is 16.7. The van der Waals surface area contributed by atoms with Gasteiger partial charge >= 0.3 is 0 Å². The van der Waals surface area contributed by atoms with E-state index in [1.807, 2.05) is 24.9 Å². The Morgan fingerprint density at radius 3 is 0.495 bits per heavy atom. The number of nitrogens with zero attached hydrogens (tertiary/aromatic N) is 8. The van der Waals surface area contributed by atoms with Crippen molar-refractivity contribution in [2.45, 2.75) is 239 Å². The second kappa shape index (κ2) is 26.1. The predicted octanol–water partition coefficient (Wildman–Crippen LogP) is 22.4. The third-order valence-electron chi connectivity index (χ3n) is 20.2. The summed E-state index contributed by atoms with van der Waals surface area (Å²) in [6.45, 7) is 54.3. The van der Waals surface area contributed by atoms with Gasteiger partial charge in [0.1, 0.15) is 24.4 Å². The van der Waals surface area contributed by atoms with Crippen LogP contribution in [0.25, 0.3) is 0 Å². The summed E-state index contributed by atoms with van der Waals surface area (Å²) in [4.78, 5) is 27.2. The average Bonchev–Trinajstić information content (AvgIpc) is 1.15. The molecule has 12 heteroatoms. The molecule has 12 nitrogen and oxygen atoms in total. The average molecular weight is 1350 g/mol. The molecule has 4 unspecified atom stereocenters. The molecule has 4 aliphatic heterocycles. The topological polar surface area (TPSA) is 99.3 Å². The molecule has 0 aliphatic carbocycles.